The van der Waals surface area contributed by atoms with Crippen molar-refractivity contribution in [3.63, 3.8) is 0 Å². The van der Waals surface area contributed by atoms with Gasteiger partial charge < -0.3 is 25.1 Å². The van der Waals surface area contributed by atoms with E-state index in [0.717, 1.165) is 5.69 Å². The first-order chi connectivity index (χ1) is 17.9. The van der Waals surface area contributed by atoms with Gasteiger partial charge in [0.25, 0.3) is 0 Å². The molecule has 5 rings (SSSR count). The van der Waals surface area contributed by atoms with E-state index >= 15 is 0 Å². The van der Waals surface area contributed by atoms with Crippen molar-refractivity contribution in [1.29, 1.82) is 0 Å². The molecular formula is C27H27FN6O3. The molecule has 10 heteroatoms. The third-order valence-electron chi connectivity index (χ3n) is 5.94. The fourth-order valence-corrected chi connectivity index (χ4v) is 3.96. The number of hydrogen-bond acceptors (Lipinski definition) is 7. The van der Waals surface area contributed by atoms with Crippen molar-refractivity contribution in [3.05, 3.63) is 78.5 Å². The van der Waals surface area contributed by atoms with E-state index in [1.54, 1.807) is 24.4 Å². The van der Waals surface area contributed by atoms with Gasteiger partial charge in [0.1, 0.15) is 5.82 Å². The summed E-state index contributed by atoms with van der Waals surface area (Å²) in [6.07, 6.45) is 0.922. The third-order valence-corrected chi connectivity index (χ3v) is 5.94. The van der Waals surface area contributed by atoms with Crippen molar-refractivity contribution in [2.45, 2.75) is 20.1 Å². The van der Waals surface area contributed by atoms with Gasteiger partial charge in [0.05, 0.1) is 30.3 Å². The number of ether oxygens (including phenoxy) is 2. The number of nitrogens with zero attached hydrogens (tertiary/aromatic N) is 3. The van der Waals surface area contributed by atoms with E-state index in [1.165, 1.54) is 19.1 Å². The number of hydrogen-bond donors (Lipinski definition) is 3. The van der Waals surface area contributed by atoms with E-state index < -0.39 is 6.29 Å². The molecule has 0 atom stereocenters. The molecule has 0 aliphatic carbocycles. The van der Waals surface area contributed by atoms with Crippen LogP contribution in [0.4, 0.5) is 16.0 Å². The van der Waals surface area contributed by atoms with Crippen molar-refractivity contribution in [3.8, 4) is 22.6 Å². The van der Waals surface area contributed by atoms with Crippen LogP contribution >= 0.6 is 0 Å². The van der Waals surface area contributed by atoms with E-state index in [9.17, 15) is 9.18 Å². The van der Waals surface area contributed by atoms with E-state index in [2.05, 4.69) is 25.6 Å². The number of rotatable bonds is 7. The first-order valence-electron chi connectivity index (χ1n) is 11.9. The highest BCUT2D eigenvalue weighted by atomic mass is 19.1. The smallest absolute Gasteiger partial charge is 0.227 e. The van der Waals surface area contributed by atoms with Crippen molar-refractivity contribution in [1.82, 2.24) is 25.3 Å². The number of carbonyl (C=O) groups excluding carboxylic acids is 1. The minimum atomic E-state index is -0.734. The maximum atomic E-state index is 13.6. The van der Waals surface area contributed by atoms with Gasteiger partial charge in [-0.3, -0.25) is 4.79 Å². The summed E-state index contributed by atoms with van der Waals surface area (Å²) in [5, 5.41) is 6.01. The molecule has 3 heterocycles. The molecule has 37 heavy (non-hydrogen) atoms. The molecule has 1 saturated heterocycles. The molecule has 0 spiro atoms. The van der Waals surface area contributed by atoms with Crippen LogP contribution in [0.15, 0.2) is 66.9 Å². The lowest BCUT2D eigenvalue weighted by atomic mass is 9.92. The minimum Gasteiger partial charge on any atom is -0.356 e. The zero-order valence-corrected chi connectivity index (χ0v) is 20.5. The predicted octanol–water partition coefficient (Wildman–Crippen LogP) is 4.60. The lowest BCUT2D eigenvalue weighted by Gasteiger charge is -2.36. The summed E-state index contributed by atoms with van der Waals surface area (Å²) in [6.45, 7) is 4.65. The van der Waals surface area contributed by atoms with Crippen LogP contribution in [0.1, 0.15) is 26.0 Å². The van der Waals surface area contributed by atoms with Crippen molar-refractivity contribution >= 4 is 17.5 Å². The Bertz CT molecular complexity index is 1370. The Labute approximate surface area is 213 Å². The normalized spacial score (nSPS) is 19.4. The molecule has 3 N–H and O–H groups in total. The molecule has 0 bridgehead atoms. The number of anilines is 2. The lowest BCUT2D eigenvalue weighted by molar-refractivity contribution is -0.232. The predicted molar refractivity (Wildman–Crippen MR) is 136 cm³/mol. The summed E-state index contributed by atoms with van der Waals surface area (Å²) >= 11 is 0. The zero-order chi connectivity index (χ0) is 25.8. The van der Waals surface area contributed by atoms with Gasteiger partial charge >= 0.3 is 0 Å². The highest BCUT2D eigenvalue weighted by Crippen LogP contribution is 2.35. The van der Waals surface area contributed by atoms with Gasteiger partial charge in [-0.25, -0.2) is 19.3 Å². The number of amides is 1. The number of aromatic amines is 1. The Balaban J connectivity index is 1.44. The van der Waals surface area contributed by atoms with Gasteiger partial charge in [-0.05, 0) is 42.5 Å². The number of benzene rings is 2. The molecule has 1 amide bonds. The highest BCUT2D eigenvalue weighted by molar-refractivity contribution is 5.77. The summed E-state index contributed by atoms with van der Waals surface area (Å²) in [5.74, 6) is 0.444. The first kappa shape index (κ1) is 24.5. The minimum absolute atomic E-state index is 0.103. The highest BCUT2D eigenvalue weighted by Gasteiger charge is 2.35. The number of H-pyrrole nitrogens is 1. The lowest BCUT2D eigenvalue weighted by Crippen LogP contribution is -2.45. The summed E-state index contributed by atoms with van der Waals surface area (Å²) in [4.78, 5) is 28.4. The number of nitrogens with one attached hydrogen (secondary N) is 3. The van der Waals surface area contributed by atoms with Crippen LogP contribution in [0.3, 0.4) is 0 Å². The van der Waals surface area contributed by atoms with Crippen LogP contribution in [-0.4, -0.2) is 45.6 Å². The number of imidazole rings is 1. The molecular weight excluding hydrogens is 475 g/mol. The molecule has 4 aromatic rings. The second kappa shape index (κ2) is 10.5. The SMILES string of the molecule is CC(=O)NCC1(C)COC(c2nc(-c3ccc(F)cc3)c(-c3ccnc(Nc4ccccc4)n3)[nH]2)OC1. The Hall–Kier alpha value is -4.15. The van der Waals surface area contributed by atoms with Crippen molar-refractivity contribution in [2.75, 3.05) is 25.1 Å². The monoisotopic (exact) mass is 502 g/mol. The van der Waals surface area contributed by atoms with Crippen LogP contribution < -0.4 is 10.6 Å². The summed E-state index contributed by atoms with van der Waals surface area (Å²) in [5.41, 5.74) is 3.01. The van der Waals surface area contributed by atoms with Gasteiger partial charge in [-0.15, -0.1) is 0 Å². The second-order valence-electron chi connectivity index (χ2n) is 9.28. The maximum Gasteiger partial charge on any atom is 0.227 e. The molecule has 2 aromatic heterocycles. The van der Waals surface area contributed by atoms with Gasteiger partial charge in [0, 0.05) is 36.3 Å². The van der Waals surface area contributed by atoms with Crippen LogP contribution in [0.5, 0.6) is 0 Å². The number of carbonyl (C=O) groups is 1. The van der Waals surface area contributed by atoms with Crippen molar-refractivity contribution in [2.24, 2.45) is 5.41 Å². The van der Waals surface area contributed by atoms with Crippen molar-refractivity contribution < 1.29 is 18.7 Å². The molecule has 0 radical (unpaired) electrons. The first-order valence-corrected chi connectivity index (χ1v) is 11.9. The Morgan fingerprint density at radius 1 is 1.08 bits per heavy atom. The molecule has 190 valence electrons. The molecule has 1 fully saturated rings. The fraction of sp³-hybridized carbons (Fsp3) is 0.259. The number of halogens is 1. The third kappa shape index (κ3) is 5.82. The number of aromatic nitrogens is 4. The zero-order valence-electron chi connectivity index (χ0n) is 20.5. The summed E-state index contributed by atoms with van der Waals surface area (Å²) < 4.78 is 25.6. The molecule has 1 aliphatic rings. The van der Waals surface area contributed by atoms with Crippen LogP contribution in [-0.2, 0) is 14.3 Å². The standard InChI is InChI=1S/C27H27FN6O3/c1-17(35)30-14-27(2)15-36-25(37-16-27)24-33-22(18-8-10-19(28)11-9-18)23(34-24)21-12-13-29-26(32-21)31-20-6-4-3-5-7-20/h3-13,25H,14-16H2,1-2H3,(H,30,35)(H,33,34)(H,29,31,32). The van der Waals surface area contributed by atoms with E-state index in [-0.39, 0.29) is 17.1 Å². The largest absolute Gasteiger partial charge is 0.356 e. The van der Waals surface area contributed by atoms with E-state index in [1.807, 2.05) is 37.3 Å². The molecule has 0 unspecified atom stereocenters. The van der Waals surface area contributed by atoms with Crippen LogP contribution in [0.25, 0.3) is 22.6 Å². The van der Waals surface area contributed by atoms with E-state index in [4.69, 9.17) is 14.5 Å². The van der Waals surface area contributed by atoms with E-state index in [0.29, 0.717) is 54.2 Å². The fourth-order valence-electron chi connectivity index (χ4n) is 3.96. The second-order valence-corrected chi connectivity index (χ2v) is 9.28. The van der Waals surface area contributed by atoms with Gasteiger partial charge in [0.2, 0.25) is 18.1 Å². The quantitative estimate of drug-likeness (QED) is 0.338. The topological polar surface area (TPSA) is 114 Å². The Morgan fingerprint density at radius 3 is 2.51 bits per heavy atom. The molecule has 1 aliphatic heterocycles. The molecule has 9 nitrogen and oxygen atoms in total. The maximum absolute atomic E-state index is 13.6. The molecule has 2 aromatic carbocycles. The number of para-hydroxylation sites is 1. The molecule has 0 saturated carbocycles. The Kier molecular flexibility index (Phi) is 6.93. The van der Waals surface area contributed by atoms with Gasteiger partial charge in [0.15, 0.2) is 5.82 Å². The summed E-state index contributed by atoms with van der Waals surface area (Å²) in [7, 11) is 0. The average molecular weight is 503 g/mol. The van der Waals surface area contributed by atoms with Crippen LogP contribution in [0, 0.1) is 11.2 Å². The van der Waals surface area contributed by atoms with Gasteiger partial charge in [-0.2, -0.15) is 0 Å². The van der Waals surface area contributed by atoms with Gasteiger partial charge in [-0.1, -0.05) is 25.1 Å². The van der Waals surface area contributed by atoms with Crippen LogP contribution in [0.2, 0.25) is 0 Å². The Morgan fingerprint density at radius 2 is 1.81 bits per heavy atom. The average Bonchev–Trinajstić information content (AvgIpc) is 3.35. The summed E-state index contributed by atoms with van der Waals surface area (Å²) in [6, 6.07) is 17.5.